The van der Waals surface area contributed by atoms with E-state index in [1.54, 1.807) is 0 Å². The van der Waals surface area contributed by atoms with E-state index in [-0.39, 0.29) is 0 Å². The van der Waals surface area contributed by atoms with Crippen molar-refractivity contribution in [3.63, 3.8) is 0 Å². The zero-order valence-electron chi connectivity index (χ0n) is 8.33. The third-order valence-electron chi connectivity index (χ3n) is 3.03. The van der Waals surface area contributed by atoms with Gasteiger partial charge in [0.1, 0.15) is 0 Å². The van der Waals surface area contributed by atoms with Crippen LogP contribution in [-0.2, 0) is 0 Å². The molecule has 1 aliphatic rings. The molecule has 0 spiro atoms. The predicted octanol–water partition coefficient (Wildman–Crippen LogP) is 2.02. The normalized spacial score (nSPS) is 25.1. The lowest BCUT2D eigenvalue weighted by atomic mass is 9.76. The Kier molecular flexibility index (Phi) is 2.51. The summed E-state index contributed by atoms with van der Waals surface area (Å²) < 4.78 is 0. The maximum absolute atomic E-state index is 8.77. The summed E-state index contributed by atoms with van der Waals surface area (Å²) in [4.78, 5) is 0. The lowest BCUT2D eigenvalue weighted by Gasteiger charge is -2.35. The summed E-state index contributed by atoms with van der Waals surface area (Å²) in [5, 5.41) is 12.0. The van der Waals surface area contributed by atoms with Gasteiger partial charge in [0.25, 0.3) is 0 Å². The Bertz CT molecular complexity index is 359. The molecule has 0 amide bonds. The number of rotatable bonds is 2. The van der Waals surface area contributed by atoms with E-state index in [0.717, 1.165) is 5.56 Å². The molecule has 0 unspecified atom stereocenters. The topological polar surface area (TPSA) is 35.8 Å². The lowest BCUT2D eigenvalue weighted by molar-refractivity contribution is 0.307. The molecule has 14 heavy (non-hydrogen) atoms. The average molecular weight is 186 g/mol. The van der Waals surface area contributed by atoms with Crippen LogP contribution >= 0.6 is 0 Å². The second-order valence-electron chi connectivity index (χ2n) is 3.89. The molecular weight excluding hydrogens is 172 g/mol. The van der Waals surface area contributed by atoms with Crippen LogP contribution in [0.25, 0.3) is 0 Å². The van der Waals surface area contributed by atoms with E-state index in [2.05, 4.69) is 17.5 Å². The highest BCUT2D eigenvalue weighted by Gasteiger charge is 2.28. The van der Waals surface area contributed by atoms with Gasteiger partial charge in [-0.05, 0) is 43.5 Å². The fraction of sp³-hybridized carbons (Fsp3) is 0.417. The van der Waals surface area contributed by atoms with E-state index >= 15 is 0 Å². The first-order valence-corrected chi connectivity index (χ1v) is 5.01. The van der Waals surface area contributed by atoms with Crippen molar-refractivity contribution in [3.8, 4) is 6.07 Å². The zero-order valence-corrected chi connectivity index (χ0v) is 8.33. The largest absolute Gasteiger partial charge is 0.317 e. The molecule has 0 atom stereocenters. The van der Waals surface area contributed by atoms with Gasteiger partial charge < -0.3 is 5.32 Å². The smallest absolute Gasteiger partial charge is 0.0991 e. The monoisotopic (exact) mass is 186 g/mol. The number of nitrogens with zero attached hydrogens (tertiary/aromatic N) is 1. The Labute approximate surface area is 84.6 Å². The summed E-state index contributed by atoms with van der Waals surface area (Å²) in [6.45, 7) is 0. The van der Waals surface area contributed by atoms with E-state index in [1.807, 2.05) is 25.2 Å². The first-order chi connectivity index (χ1) is 6.83. The van der Waals surface area contributed by atoms with Gasteiger partial charge in [0.05, 0.1) is 11.6 Å². The molecule has 2 heteroatoms. The van der Waals surface area contributed by atoms with E-state index in [0.29, 0.717) is 12.0 Å². The molecule has 1 aromatic carbocycles. The van der Waals surface area contributed by atoms with E-state index in [4.69, 9.17) is 5.26 Å². The first kappa shape index (κ1) is 9.23. The quantitative estimate of drug-likeness (QED) is 0.767. The molecule has 0 aliphatic heterocycles. The molecule has 1 aromatic rings. The molecule has 0 bridgehead atoms. The van der Waals surface area contributed by atoms with Crippen molar-refractivity contribution >= 4 is 0 Å². The van der Waals surface area contributed by atoms with Crippen LogP contribution in [0.2, 0.25) is 0 Å². The maximum Gasteiger partial charge on any atom is 0.0991 e. The fourth-order valence-corrected chi connectivity index (χ4v) is 1.99. The highest BCUT2D eigenvalue weighted by Crippen LogP contribution is 2.36. The van der Waals surface area contributed by atoms with Gasteiger partial charge in [-0.3, -0.25) is 0 Å². The molecule has 0 saturated heterocycles. The maximum atomic E-state index is 8.77. The predicted molar refractivity (Wildman–Crippen MR) is 56.0 cm³/mol. The van der Waals surface area contributed by atoms with E-state index < -0.39 is 0 Å². The van der Waals surface area contributed by atoms with Gasteiger partial charge in [-0.15, -0.1) is 0 Å². The molecule has 1 N–H and O–H groups in total. The molecule has 0 aromatic heterocycles. The number of hydrogen-bond acceptors (Lipinski definition) is 2. The standard InChI is InChI=1S/C12H14N2/c1-14-12-6-11(7-12)10-4-2-3-9(5-10)8-13/h2-5,11-12,14H,6-7H2,1H3. The minimum Gasteiger partial charge on any atom is -0.317 e. The molecule has 1 aliphatic carbocycles. The minimum atomic E-state index is 0.653. The Morgan fingerprint density at radius 2 is 2.21 bits per heavy atom. The molecule has 2 nitrogen and oxygen atoms in total. The van der Waals surface area contributed by atoms with Crippen molar-refractivity contribution in [2.45, 2.75) is 24.8 Å². The third-order valence-corrected chi connectivity index (χ3v) is 3.03. The summed E-state index contributed by atoms with van der Waals surface area (Å²) in [6, 6.07) is 10.8. The number of nitriles is 1. The number of hydrogen-bond donors (Lipinski definition) is 1. The van der Waals surface area contributed by atoms with Crippen molar-refractivity contribution in [2.24, 2.45) is 0 Å². The summed E-state index contributed by atoms with van der Waals surface area (Å²) in [6.07, 6.45) is 2.40. The van der Waals surface area contributed by atoms with Crippen molar-refractivity contribution in [3.05, 3.63) is 35.4 Å². The SMILES string of the molecule is CNC1CC(c2cccc(C#N)c2)C1. The van der Waals surface area contributed by atoms with Crippen LogP contribution in [0.15, 0.2) is 24.3 Å². The van der Waals surface area contributed by atoms with Gasteiger partial charge in [-0.25, -0.2) is 0 Å². The average Bonchev–Trinajstić information content (AvgIpc) is 2.17. The number of benzene rings is 1. The van der Waals surface area contributed by atoms with Gasteiger partial charge in [0.15, 0.2) is 0 Å². The van der Waals surface area contributed by atoms with Crippen molar-refractivity contribution < 1.29 is 0 Å². The van der Waals surface area contributed by atoms with Crippen molar-refractivity contribution in [1.82, 2.24) is 5.32 Å². The van der Waals surface area contributed by atoms with Crippen molar-refractivity contribution in [1.29, 1.82) is 5.26 Å². The first-order valence-electron chi connectivity index (χ1n) is 5.01. The molecular formula is C12H14N2. The summed E-state index contributed by atoms with van der Waals surface area (Å²) in [7, 11) is 2.01. The van der Waals surface area contributed by atoms with Gasteiger partial charge in [0.2, 0.25) is 0 Å². The molecule has 0 radical (unpaired) electrons. The summed E-state index contributed by atoms with van der Waals surface area (Å²) in [5.41, 5.74) is 2.09. The van der Waals surface area contributed by atoms with Crippen LogP contribution in [0, 0.1) is 11.3 Å². The highest BCUT2D eigenvalue weighted by molar-refractivity contribution is 5.35. The highest BCUT2D eigenvalue weighted by atomic mass is 14.9. The van der Waals surface area contributed by atoms with Crippen LogP contribution in [0.4, 0.5) is 0 Å². The van der Waals surface area contributed by atoms with Crippen LogP contribution in [0.3, 0.4) is 0 Å². The Balaban J connectivity index is 2.08. The van der Waals surface area contributed by atoms with E-state index in [9.17, 15) is 0 Å². The van der Waals surface area contributed by atoms with Gasteiger partial charge in [-0.1, -0.05) is 12.1 Å². The third kappa shape index (κ3) is 1.64. The van der Waals surface area contributed by atoms with Crippen molar-refractivity contribution in [2.75, 3.05) is 7.05 Å². The zero-order chi connectivity index (χ0) is 9.97. The van der Waals surface area contributed by atoms with Crippen LogP contribution in [0.5, 0.6) is 0 Å². The Morgan fingerprint density at radius 1 is 1.43 bits per heavy atom. The second kappa shape index (κ2) is 3.81. The lowest BCUT2D eigenvalue weighted by Crippen LogP contribution is -2.37. The van der Waals surface area contributed by atoms with Gasteiger partial charge in [-0.2, -0.15) is 5.26 Å². The molecule has 0 heterocycles. The Hall–Kier alpha value is -1.33. The van der Waals surface area contributed by atoms with Crippen LogP contribution in [-0.4, -0.2) is 13.1 Å². The summed E-state index contributed by atoms with van der Waals surface area (Å²) in [5.74, 6) is 0.653. The van der Waals surface area contributed by atoms with Crippen LogP contribution < -0.4 is 5.32 Å². The fourth-order valence-electron chi connectivity index (χ4n) is 1.99. The number of nitrogens with one attached hydrogen (secondary N) is 1. The van der Waals surface area contributed by atoms with Crippen LogP contribution in [0.1, 0.15) is 29.9 Å². The molecule has 1 saturated carbocycles. The second-order valence-corrected chi connectivity index (χ2v) is 3.89. The Morgan fingerprint density at radius 3 is 2.86 bits per heavy atom. The van der Waals surface area contributed by atoms with Gasteiger partial charge >= 0.3 is 0 Å². The molecule has 1 fully saturated rings. The summed E-state index contributed by atoms with van der Waals surface area (Å²) >= 11 is 0. The minimum absolute atomic E-state index is 0.653. The van der Waals surface area contributed by atoms with E-state index in [1.165, 1.54) is 18.4 Å². The molecule has 2 rings (SSSR count). The molecule has 72 valence electrons. The van der Waals surface area contributed by atoms with Gasteiger partial charge in [0, 0.05) is 6.04 Å².